The van der Waals surface area contributed by atoms with Crippen molar-refractivity contribution < 1.29 is 19.4 Å². The molecule has 0 atom stereocenters. The molecule has 1 N–H and O–H groups in total. The van der Waals surface area contributed by atoms with Gasteiger partial charge in [0.1, 0.15) is 10.5 Å². The van der Waals surface area contributed by atoms with Gasteiger partial charge in [0.15, 0.2) is 5.13 Å². The number of carboxylic acids is 1. The lowest BCUT2D eigenvalue weighted by Crippen LogP contribution is -2.37. The summed E-state index contributed by atoms with van der Waals surface area (Å²) in [6.45, 7) is 8.96. The van der Waals surface area contributed by atoms with Gasteiger partial charge in [-0.2, -0.15) is 0 Å². The van der Waals surface area contributed by atoms with Crippen LogP contribution in [0.5, 0.6) is 0 Å². The number of hydrogen-bond acceptors (Lipinski definition) is 5. The van der Waals surface area contributed by atoms with Crippen molar-refractivity contribution >= 4 is 40.1 Å². The minimum atomic E-state index is -1.13. The third-order valence-corrected chi connectivity index (χ3v) is 3.53. The Balaban J connectivity index is 3.14. The number of alkyl halides is 1. The minimum Gasteiger partial charge on any atom is -0.477 e. The molecule has 1 rings (SSSR count). The Kier molecular flexibility index (Phi) is 5.74. The molecule has 0 aliphatic rings. The highest BCUT2D eigenvalue weighted by molar-refractivity contribution is 7.17. The van der Waals surface area contributed by atoms with Gasteiger partial charge in [-0.15, -0.1) is 18.2 Å². The summed E-state index contributed by atoms with van der Waals surface area (Å²) < 4.78 is 5.28. The first-order chi connectivity index (χ1) is 9.69. The minimum absolute atomic E-state index is 0.0117. The van der Waals surface area contributed by atoms with Gasteiger partial charge in [-0.1, -0.05) is 17.4 Å². The molecule has 0 radical (unpaired) electrons. The molecule has 6 nitrogen and oxygen atoms in total. The summed E-state index contributed by atoms with van der Waals surface area (Å²) in [5.41, 5.74) is -0.444. The van der Waals surface area contributed by atoms with Crippen molar-refractivity contribution in [2.45, 2.75) is 32.3 Å². The lowest BCUT2D eigenvalue weighted by Gasteiger charge is -2.24. The fourth-order valence-corrected chi connectivity index (χ4v) is 2.58. The maximum atomic E-state index is 12.2. The Bertz CT molecular complexity index is 551. The molecule has 1 aromatic rings. The lowest BCUT2D eigenvalue weighted by atomic mass is 10.2. The first kappa shape index (κ1) is 17.5. The van der Waals surface area contributed by atoms with Crippen molar-refractivity contribution in [3.8, 4) is 0 Å². The molecule has 0 saturated carbocycles. The monoisotopic (exact) mass is 332 g/mol. The van der Waals surface area contributed by atoms with Crippen molar-refractivity contribution in [1.29, 1.82) is 0 Å². The first-order valence-electron chi connectivity index (χ1n) is 6.10. The molecule has 21 heavy (non-hydrogen) atoms. The van der Waals surface area contributed by atoms with E-state index in [1.807, 2.05) is 0 Å². The van der Waals surface area contributed by atoms with E-state index >= 15 is 0 Å². The van der Waals surface area contributed by atoms with E-state index < -0.39 is 17.7 Å². The van der Waals surface area contributed by atoms with Crippen LogP contribution < -0.4 is 4.90 Å². The van der Waals surface area contributed by atoms with Crippen molar-refractivity contribution in [2.75, 3.05) is 11.4 Å². The number of carbonyl (C=O) groups excluding carboxylic acids is 1. The molecule has 8 heteroatoms. The van der Waals surface area contributed by atoms with Gasteiger partial charge >= 0.3 is 12.1 Å². The van der Waals surface area contributed by atoms with Crippen LogP contribution >= 0.6 is 22.9 Å². The largest absolute Gasteiger partial charge is 0.477 e. The number of thiazole rings is 1. The van der Waals surface area contributed by atoms with Gasteiger partial charge in [-0.3, -0.25) is 0 Å². The molecule has 0 aliphatic heterocycles. The molecule has 0 bridgehead atoms. The number of amides is 1. The normalized spacial score (nSPS) is 11.0. The van der Waals surface area contributed by atoms with Crippen molar-refractivity contribution in [3.05, 3.63) is 23.2 Å². The van der Waals surface area contributed by atoms with Gasteiger partial charge in [0, 0.05) is 6.54 Å². The fraction of sp³-hybridized carbons (Fsp3) is 0.462. The van der Waals surface area contributed by atoms with E-state index in [2.05, 4.69) is 11.6 Å². The highest BCUT2D eigenvalue weighted by Gasteiger charge is 2.27. The highest BCUT2D eigenvalue weighted by atomic mass is 35.5. The standard InChI is InChI=1S/C13H17ClN2O4S/c1-5-6-16(12(19)20-13(2,3)4)11-15-8(7-14)9(21-11)10(17)18/h5H,1,6-7H2,2-4H3,(H,17,18). The highest BCUT2D eigenvalue weighted by Crippen LogP contribution is 2.28. The molecule has 0 unspecified atom stereocenters. The zero-order chi connectivity index (χ0) is 16.2. The van der Waals surface area contributed by atoms with Crippen LogP contribution in [-0.2, 0) is 10.6 Å². The van der Waals surface area contributed by atoms with Crippen LogP contribution in [0.25, 0.3) is 0 Å². The number of carboxylic acid groups (broad SMARTS) is 1. The second kappa shape index (κ2) is 6.91. The average Bonchev–Trinajstić information content (AvgIpc) is 2.77. The molecule has 0 saturated heterocycles. The Morgan fingerprint density at radius 3 is 2.52 bits per heavy atom. The molecule has 1 aromatic heterocycles. The van der Waals surface area contributed by atoms with Gasteiger partial charge in [-0.25, -0.2) is 19.5 Å². The zero-order valence-corrected chi connectivity index (χ0v) is 13.6. The quantitative estimate of drug-likeness (QED) is 0.659. The second-order valence-electron chi connectivity index (χ2n) is 5.09. The molecular weight excluding hydrogens is 316 g/mol. The SMILES string of the molecule is C=CCN(C(=O)OC(C)(C)C)c1nc(CCl)c(C(=O)O)s1. The third kappa shape index (κ3) is 4.71. The number of anilines is 1. The maximum absolute atomic E-state index is 12.2. The summed E-state index contributed by atoms with van der Waals surface area (Å²) in [4.78, 5) is 28.6. The van der Waals surface area contributed by atoms with Gasteiger partial charge in [0.25, 0.3) is 0 Å². The van der Waals surface area contributed by atoms with Gasteiger partial charge in [0.2, 0.25) is 0 Å². The summed E-state index contributed by atoms with van der Waals surface area (Å²) in [5, 5.41) is 9.32. The van der Waals surface area contributed by atoms with Gasteiger partial charge in [0.05, 0.1) is 11.6 Å². The number of nitrogens with zero attached hydrogens (tertiary/aromatic N) is 2. The molecule has 0 spiro atoms. The van der Waals surface area contributed by atoms with Gasteiger partial charge in [-0.05, 0) is 20.8 Å². The lowest BCUT2D eigenvalue weighted by molar-refractivity contribution is 0.0583. The fourth-order valence-electron chi connectivity index (χ4n) is 1.39. The van der Waals surface area contributed by atoms with Crippen molar-refractivity contribution in [2.24, 2.45) is 0 Å². The molecule has 0 aliphatic carbocycles. The number of aromatic nitrogens is 1. The van der Waals surface area contributed by atoms with Crippen LogP contribution in [-0.4, -0.2) is 34.3 Å². The van der Waals surface area contributed by atoms with E-state index in [9.17, 15) is 9.59 Å². The van der Waals surface area contributed by atoms with Crippen molar-refractivity contribution in [1.82, 2.24) is 4.98 Å². The van der Waals surface area contributed by atoms with Crippen LogP contribution in [0.2, 0.25) is 0 Å². The maximum Gasteiger partial charge on any atom is 0.416 e. The number of rotatable bonds is 5. The number of halogens is 1. The summed E-state index contributed by atoms with van der Waals surface area (Å²) in [6.07, 6.45) is 0.890. The zero-order valence-electron chi connectivity index (χ0n) is 12.1. The number of hydrogen-bond donors (Lipinski definition) is 1. The average molecular weight is 333 g/mol. The van der Waals surface area contributed by atoms with Crippen molar-refractivity contribution in [3.63, 3.8) is 0 Å². The topological polar surface area (TPSA) is 79.7 Å². The van der Waals surface area contributed by atoms with E-state index in [0.29, 0.717) is 0 Å². The van der Waals surface area contributed by atoms with E-state index in [1.165, 1.54) is 11.0 Å². The summed E-state index contributed by atoms with van der Waals surface area (Å²) >= 11 is 6.56. The Morgan fingerprint density at radius 2 is 2.14 bits per heavy atom. The van der Waals surface area contributed by atoms with Gasteiger partial charge < -0.3 is 9.84 Å². The third-order valence-electron chi connectivity index (χ3n) is 2.16. The number of aromatic carboxylic acids is 1. The summed E-state index contributed by atoms with van der Waals surface area (Å²) in [7, 11) is 0. The smallest absolute Gasteiger partial charge is 0.416 e. The van der Waals surface area contributed by atoms with E-state index in [-0.39, 0.29) is 28.1 Å². The summed E-state index contributed by atoms with van der Waals surface area (Å²) in [5.74, 6) is -1.17. The van der Waals surface area contributed by atoms with E-state index in [4.69, 9.17) is 21.4 Å². The van der Waals surface area contributed by atoms with Crippen LogP contribution in [0.15, 0.2) is 12.7 Å². The number of carbonyl (C=O) groups is 2. The second-order valence-corrected chi connectivity index (χ2v) is 6.34. The van der Waals surface area contributed by atoms with Crippen LogP contribution in [0.1, 0.15) is 36.1 Å². The summed E-state index contributed by atoms with van der Waals surface area (Å²) in [6, 6.07) is 0. The Hall–Kier alpha value is -1.60. The molecular formula is C13H17ClN2O4S. The first-order valence-corrected chi connectivity index (χ1v) is 7.45. The molecule has 1 amide bonds. The van der Waals surface area contributed by atoms with Crippen LogP contribution in [0.3, 0.4) is 0 Å². The molecule has 116 valence electrons. The predicted molar refractivity (Wildman–Crippen MR) is 82.4 cm³/mol. The van der Waals surface area contributed by atoms with Crippen LogP contribution in [0, 0.1) is 0 Å². The van der Waals surface area contributed by atoms with E-state index in [1.54, 1.807) is 20.8 Å². The molecule has 1 heterocycles. The Labute approximate surface area is 132 Å². The van der Waals surface area contributed by atoms with Crippen LogP contribution in [0.4, 0.5) is 9.93 Å². The Morgan fingerprint density at radius 1 is 1.52 bits per heavy atom. The van der Waals surface area contributed by atoms with E-state index in [0.717, 1.165) is 11.3 Å². The number of ether oxygens (including phenoxy) is 1. The predicted octanol–water partition coefficient (Wildman–Crippen LogP) is 3.51. The molecule has 0 fully saturated rings. The molecule has 0 aromatic carbocycles.